The van der Waals surface area contributed by atoms with Gasteiger partial charge in [0.25, 0.3) is 5.91 Å². The molecule has 24 heavy (non-hydrogen) atoms. The Bertz CT molecular complexity index is 642. The number of benzene rings is 2. The predicted molar refractivity (Wildman–Crippen MR) is 97.5 cm³/mol. The summed E-state index contributed by atoms with van der Waals surface area (Å²) in [6, 6.07) is 17.2. The van der Waals surface area contributed by atoms with Crippen LogP contribution in [0.1, 0.15) is 28.8 Å². The summed E-state index contributed by atoms with van der Waals surface area (Å²) in [5.41, 5.74) is 7.73. The second-order valence-corrected chi connectivity index (χ2v) is 6.01. The highest BCUT2D eigenvalue weighted by Crippen LogP contribution is 2.31. The number of nitrogens with two attached hydrogens (primary N) is 1. The first-order valence-electron chi connectivity index (χ1n) is 8.03. The van der Waals surface area contributed by atoms with Crippen LogP contribution in [0.25, 0.3) is 0 Å². The molecule has 3 N–H and O–H groups in total. The third-order valence-electron chi connectivity index (χ3n) is 4.09. The fourth-order valence-corrected chi connectivity index (χ4v) is 2.45. The topological polar surface area (TPSA) is 64.3 Å². The molecule has 1 unspecified atom stereocenters. The molecule has 5 heteroatoms. The zero-order valence-electron chi connectivity index (χ0n) is 13.5. The largest absolute Gasteiger partial charge is 0.489 e. The van der Waals surface area contributed by atoms with Crippen LogP contribution < -0.4 is 15.8 Å². The summed E-state index contributed by atoms with van der Waals surface area (Å²) in [6.07, 6.45) is 2.37. The second kappa shape index (κ2) is 8.71. The smallest absolute Gasteiger partial charge is 0.251 e. The number of hydrogen-bond acceptors (Lipinski definition) is 3. The van der Waals surface area contributed by atoms with Gasteiger partial charge < -0.3 is 15.8 Å². The first-order valence-corrected chi connectivity index (χ1v) is 8.03. The van der Waals surface area contributed by atoms with E-state index < -0.39 is 0 Å². The van der Waals surface area contributed by atoms with E-state index in [1.807, 2.05) is 42.5 Å². The van der Waals surface area contributed by atoms with E-state index in [0.717, 1.165) is 11.3 Å². The number of hydrogen-bond donors (Lipinski definition) is 2. The number of nitrogens with one attached hydrogen (secondary N) is 1. The van der Waals surface area contributed by atoms with Crippen LogP contribution in [-0.4, -0.2) is 18.5 Å². The van der Waals surface area contributed by atoms with E-state index >= 15 is 0 Å². The van der Waals surface area contributed by atoms with Crippen molar-refractivity contribution in [3.63, 3.8) is 0 Å². The van der Waals surface area contributed by atoms with Crippen LogP contribution in [0.15, 0.2) is 54.6 Å². The molecule has 2 aromatic carbocycles. The van der Waals surface area contributed by atoms with E-state index in [-0.39, 0.29) is 24.4 Å². The monoisotopic (exact) mass is 346 g/mol. The second-order valence-electron chi connectivity index (χ2n) is 6.01. The van der Waals surface area contributed by atoms with Crippen molar-refractivity contribution in [2.75, 3.05) is 6.54 Å². The molecule has 4 nitrogen and oxygen atoms in total. The fraction of sp³-hybridized carbons (Fsp3) is 0.316. The van der Waals surface area contributed by atoms with Crippen LogP contribution in [0.3, 0.4) is 0 Å². The highest BCUT2D eigenvalue weighted by Gasteiger charge is 2.28. The van der Waals surface area contributed by atoms with Crippen molar-refractivity contribution in [3.05, 3.63) is 65.7 Å². The Balaban J connectivity index is 0.00000208. The Morgan fingerprint density at radius 1 is 1.12 bits per heavy atom. The van der Waals surface area contributed by atoms with Crippen molar-refractivity contribution in [3.8, 4) is 5.75 Å². The van der Waals surface area contributed by atoms with Crippen LogP contribution in [0.2, 0.25) is 0 Å². The Morgan fingerprint density at radius 2 is 1.79 bits per heavy atom. The number of ether oxygens (including phenoxy) is 1. The molecular weight excluding hydrogens is 324 g/mol. The van der Waals surface area contributed by atoms with Gasteiger partial charge in [0, 0.05) is 18.2 Å². The highest BCUT2D eigenvalue weighted by molar-refractivity contribution is 5.94. The fourth-order valence-electron chi connectivity index (χ4n) is 2.45. The molecule has 2 aromatic rings. The summed E-state index contributed by atoms with van der Waals surface area (Å²) in [5, 5.41) is 2.89. The molecule has 1 fully saturated rings. The SMILES string of the molecule is Cl.NC(CNC(=O)c1ccc(OCc2ccccc2)cc1)C1CC1. The highest BCUT2D eigenvalue weighted by atomic mass is 35.5. The summed E-state index contributed by atoms with van der Waals surface area (Å²) in [6.45, 7) is 1.05. The lowest BCUT2D eigenvalue weighted by Gasteiger charge is -2.12. The van der Waals surface area contributed by atoms with Crippen LogP contribution in [0.4, 0.5) is 0 Å². The van der Waals surface area contributed by atoms with Crippen molar-refractivity contribution in [1.29, 1.82) is 0 Å². The minimum atomic E-state index is -0.0873. The molecule has 0 aromatic heterocycles. The van der Waals surface area contributed by atoms with Crippen LogP contribution in [-0.2, 0) is 6.61 Å². The van der Waals surface area contributed by atoms with E-state index in [1.54, 1.807) is 12.1 Å². The van der Waals surface area contributed by atoms with E-state index in [1.165, 1.54) is 12.8 Å². The maximum absolute atomic E-state index is 12.1. The van der Waals surface area contributed by atoms with Crippen molar-refractivity contribution < 1.29 is 9.53 Å². The van der Waals surface area contributed by atoms with Gasteiger partial charge in [-0.3, -0.25) is 4.79 Å². The molecule has 1 atom stereocenters. The molecule has 0 spiro atoms. The maximum Gasteiger partial charge on any atom is 0.251 e. The van der Waals surface area contributed by atoms with Crippen LogP contribution in [0, 0.1) is 5.92 Å². The van der Waals surface area contributed by atoms with Gasteiger partial charge >= 0.3 is 0 Å². The molecule has 0 heterocycles. The van der Waals surface area contributed by atoms with Crippen LogP contribution in [0.5, 0.6) is 5.75 Å². The Labute approximate surface area is 148 Å². The van der Waals surface area contributed by atoms with E-state index in [2.05, 4.69) is 5.32 Å². The molecule has 3 rings (SSSR count). The van der Waals surface area contributed by atoms with E-state index in [9.17, 15) is 4.79 Å². The summed E-state index contributed by atoms with van der Waals surface area (Å²) in [5.74, 6) is 1.25. The van der Waals surface area contributed by atoms with Gasteiger partial charge in [-0.2, -0.15) is 0 Å². The number of halogens is 1. The third-order valence-corrected chi connectivity index (χ3v) is 4.09. The Kier molecular flexibility index (Phi) is 6.64. The van der Waals surface area contributed by atoms with Gasteiger partial charge in [0.05, 0.1) is 0 Å². The van der Waals surface area contributed by atoms with E-state index in [0.29, 0.717) is 24.6 Å². The average Bonchev–Trinajstić information content (AvgIpc) is 3.44. The van der Waals surface area contributed by atoms with Crippen molar-refractivity contribution in [2.45, 2.75) is 25.5 Å². The van der Waals surface area contributed by atoms with Gasteiger partial charge in [-0.25, -0.2) is 0 Å². The zero-order valence-corrected chi connectivity index (χ0v) is 14.3. The first-order chi connectivity index (χ1) is 11.2. The van der Waals surface area contributed by atoms with Crippen molar-refractivity contribution in [1.82, 2.24) is 5.32 Å². The first kappa shape index (κ1) is 18.3. The van der Waals surface area contributed by atoms with Gasteiger partial charge in [0.2, 0.25) is 0 Å². The number of carbonyl (C=O) groups excluding carboxylic acids is 1. The number of carbonyl (C=O) groups is 1. The molecule has 0 radical (unpaired) electrons. The van der Waals surface area contributed by atoms with Crippen LogP contribution >= 0.6 is 12.4 Å². The van der Waals surface area contributed by atoms with Gasteiger partial charge in [-0.1, -0.05) is 30.3 Å². The lowest BCUT2D eigenvalue weighted by molar-refractivity contribution is 0.0950. The molecule has 0 aliphatic heterocycles. The molecule has 1 aliphatic rings. The molecular formula is C19H23ClN2O2. The molecule has 0 saturated heterocycles. The summed E-state index contributed by atoms with van der Waals surface area (Å²) >= 11 is 0. The summed E-state index contributed by atoms with van der Waals surface area (Å²) in [4.78, 5) is 12.1. The quantitative estimate of drug-likeness (QED) is 0.809. The standard InChI is InChI=1S/C19H22N2O2.ClH/c20-18(15-6-7-15)12-21-19(22)16-8-10-17(11-9-16)23-13-14-4-2-1-3-5-14;/h1-5,8-11,15,18H,6-7,12-13,20H2,(H,21,22);1H. The lowest BCUT2D eigenvalue weighted by Crippen LogP contribution is -2.38. The summed E-state index contributed by atoms with van der Waals surface area (Å²) in [7, 11) is 0. The van der Waals surface area contributed by atoms with E-state index in [4.69, 9.17) is 10.5 Å². The van der Waals surface area contributed by atoms with Gasteiger partial charge in [0.1, 0.15) is 12.4 Å². The number of rotatable bonds is 7. The lowest BCUT2D eigenvalue weighted by atomic mass is 10.1. The zero-order chi connectivity index (χ0) is 16.1. The molecule has 1 amide bonds. The number of amides is 1. The summed E-state index contributed by atoms with van der Waals surface area (Å²) < 4.78 is 5.71. The molecule has 1 saturated carbocycles. The molecule has 0 bridgehead atoms. The Hall–Kier alpha value is -2.04. The minimum absolute atomic E-state index is 0. The molecule has 1 aliphatic carbocycles. The Morgan fingerprint density at radius 3 is 2.42 bits per heavy atom. The van der Waals surface area contributed by atoms with Gasteiger partial charge in [-0.05, 0) is 48.6 Å². The van der Waals surface area contributed by atoms with Gasteiger partial charge in [0.15, 0.2) is 0 Å². The third kappa shape index (κ3) is 5.25. The van der Waals surface area contributed by atoms with Crippen molar-refractivity contribution in [2.24, 2.45) is 11.7 Å². The predicted octanol–water partition coefficient (Wildman–Crippen LogP) is 3.15. The molecule has 128 valence electrons. The normalized spacial score (nSPS) is 14.4. The average molecular weight is 347 g/mol. The maximum atomic E-state index is 12.1. The minimum Gasteiger partial charge on any atom is -0.489 e. The van der Waals surface area contributed by atoms with Gasteiger partial charge in [-0.15, -0.1) is 12.4 Å². The van der Waals surface area contributed by atoms with Crippen molar-refractivity contribution >= 4 is 18.3 Å².